The van der Waals surface area contributed by atoms with Crippen LogP contribution in [0.1, 0.15) is 19.0 Å². The molecule has 0 bridgehead atoms. The zero-order valence-electron chi connectivity index (χ0n) is 9.64. The lowest BCUT2D eigenvalue weighted by molar-refractivity contribution is 0.187. The van der Waals surface area contributed by atoms with E-state index in [2.05, 4.69) is 4.98 Å². The fraction of sp³-hybridized carbons (Fsp3) is 0.455. The first-order valence-corrected chi connectivity index (χ1v) is 5.20. The highest BCUT2D eigenvalue weighted by Gasteiger charge is 2.05. The van der Waals surface area contributed by atoms with Crippen molar-refractivity contribution >= 4 is 11.5 Å². The number of nitrogens with two attached hydrogens (primary N) is 1. The first kappa shape index (κ1) is 12.4. The molecule has 0 radical (unpaired) electrons. The molecule has 0 spiro atoms. The first-order chi connectivity index (χ1) is 7.50. The van der Waals surface area contributed by atoms with Gasteiger partial charge in [-0.05, 0) is 25.5 Å². The van der Waals surface area contributed by atoms with Crippen LogP contribution in [-0.4, -0.2) is 35.6 Å². The summed E-state index contributed by atoms with van der Waals surface area (Å²) < 4.78 is 0. The second-order valence-electron chi connectivity index (χ2n) is 3.87. The van der Waals surface area contributed by atoms with Crippen LogP contribution in [0.4, 0.5) is 5.69 Å². The minimum atomic E-state index is -0.309. The SMILES string of the molecule is CC(O)CCN(C)c1ccnc(C(=N)N)c1. The Labute approximate surface area is 95.4 Å². The van der Waals surface area contributed by atoms with Crippen LogP contribution in [0.25, 0.3) is 0 Å². The zero-order chi connectivity index (χ0) is 12.1. The number of hydrogen-bond donors (Lipinski definition) is 3. The number of aromatic nitrogens is 1. The van der Waals surface area contributed by atoms with Crippen LogP contribution in [-0.2, 0) is 0 Å². The summed E-state index contributed by atoms with van der Waals surface area (Å²) in [6.07, 6.45) is 2.02. The smallest absolute Gasteiger partial charge is 0.141 e. The van der Waals surface area contributed by atoms with Gasteiger partial charge in [0, 0.05) is 25.5 Å². The topological polar surface area (TPSA) is 86.2 Å². The fourth-order valence-electron chi connectivity index (χ4n) is 1.31. The Morgan fingerprint density at radius 2 is 2.38 bits per heavy atom. The summed E-state index contributed by atoms with van der Waals surface area (Å²) >= 11 is 0. The summed E-state index contributed by atoms with van der Waals surface area (Å²) in [6.45, 7) is 2.51. The second kappa shape index (κ2) is 5.46. The predicted octanol–water partition coefficient (Wildman–Crippen LogP) is 0.573. The lowest BCUT2D eigenvalue weighted by Crippen LogP contribution is -2.22. The van der Waals surface area contributed by atoms with Crippen molar-refractivity contribution in [2.24, 2.45) is 5.73 Å². The van der Waals surface area contributed by atoms with E-state index in [4.69, 9.17) is 11.1 Å². The summed E-state index contributed by atoms with van der Waals surface area (Å²) in [7, 11) is 1.93. The molecule has 0 aliphatic rings. The van der Waals surface area contributed by atoms with Crippen molar-refractivity contribution in [3.8, 4) is 0 Å². The third-order valence-electron chi connectivity index (χ3n) is 2.34. The van der Waals surface area contributed by atoms with Crippen LogP contribution >= 0.6 is 0 Å². The molecule has 0 aliphatic carbocycles. The van der Waals surface area contributed by atoms with Gasteiger partial charge >= 0.3 is 0 Å². The minimum Gasteiger partial charge on any atom is -0.393 e. The van der Waals surface area contributed by atoms with Crippen molar-refractivity contribution in [2.45, 2.75) is 19.4 Å². The Morgan fingerprint density at radius 1 is 1.69 bits per heavy atom. The Balaban J connectivity index is 2.71. The molecule has 1 aromatic heterocycles. The number of nitrogens with one attached hydrogen (secondary N) is 1. The summed E-state index contributed by atoms with van der Waals surface area (Å²) in [5, 5.41) is 16.5. The molecular weight excluding hydrogens is 204 g/mol. The molecule has 1 aromatic rings. The van der Waals surface area contributed by atoms with E-state index in [1.807, 2.05) is 18.0 Å². The molecule has 1 atom stereocenters. The maximum Gasteiger partial charge on any atom is 0.141 e. The van der Waals surface area contributed by atoms with Gasteiger partial charge in [0.25, 0.3) is 0 Å². The van der Waals surface area contributed by atoms with E-state index < -0.39 is 0 Å². The minimum absolute atomic E-state index is 0.0363. The van der Waals surface area contributed by atoms with E-state index in [0.29, 0.717) is 12.1 Å². The molecule has 5 nitrogen and oxygen atoms in total. The Hall–Kier alpha value is -1.62. The van der Waals surface area contributed by atoms with Crippen LogP contribution in [0.15, 0.2) is 18.3 Å². The van der Waals surface area contributed by atoms with E-state index in [-0.39, 0.29) is 11.9 Å². The number of nitrogens with zero attached hydrogens (tertiary/aromatic N) is 2. The number of rotatable bonds is 5. The third kappa shape index (κ3) is 3.51. The lowest BCUT2D eigenvalue weighted by Gasteiger charge is -2.20. The van der Waals surface area contributed by atoms with Crippen LogP contribution in [0.3, 0.4) is 0 Å². The molecule has 0 saturated heterocycles. The average molecular weight is 222 g/mol. The predicted molar refractivity (Wildman–Crippen MR) is 64.8 cm³/mol. The molecule has 16 heavy (non-hydrogen) atoms. The maximum absolute atomic E-state index is 9.20. The highest BCUT2D eigenvalue weighted by atomic mass is 16.3. The molecule has 1 heterocycles. The molecule has 88 valence electrons. The molecular formula is C11H18N4O. The van der Waals surface area contributed by atoms with Crippen molar-refractivity contribution in [1.29, 1.82) is 5.41 Å². The molecule has 1 rings (SSSR count). The van der Waals surface area contributed by atoms with Crippen LogP contribution in [0, 0.1) is 5.41 Å². The number of anilines is 1. The Morgan fingerprint density at radius 3 is 2.94 bits per heavy atom. The fourth-order valence-corrected chi connectivity index (χ4v) is 1.31. The summed E-state index contributed by atoms with van der Waals surface area (Å²) in [5.74, 6) is -0.0363. The van der Waals surface area contributed by atoms with Gasteiger partial charge in [-0.15, -0.1) is 0 Å². The largest absolute Gasteiger partial charge is 0.393 e. The maximum atomic E-state index is 9.20. The van der Waals surface area contributed by atoms with E-state index in [0.717, 1.165) is 12.2 Å². The first-order valence-electron chi connectivity index (χ1n) is 5.20. The van der Waals surface area contributed by atoms with Crippen molar-refractivity contribution in [3.05, 3.63) is 24.0 Å². The highest BCUT2D eigenvalue weighted by Crippen LogP contribution is 2.13. The summed E-state index contributed by atoms with van der Waals surface area (Å²) in [4.78, 5) is 5.99. The molecule has 5 heteroatoms. The van der Waals surface area contributed by atoms with E-state index in [1.54, 1.807) is 19.2 Å². The van der Waals surface area contributed by atoms with Gasteiger partial charge in [-0.1, -0.05) is 0 Å². The average Bonchev–Trinajstić information content (AvgIpc) is 2.26. The molecule has 0 saturated carbocycles. The number of aliphatic hydroxyl groups excluding tert-OH is 1. The van der Waals surface area contributed by atoms with Gasteiger partial charge in [0.1, 0.15) is 11.5 Å². The zero-order valence-corrected chi connectivity index (χ0v) is 9.64. The lowest BCUT2D eigenvalue weighted by atomic mass is 10.2. The number of amidine groups is 1. The second-order valence-corrected chi connectivity index (χ2v) is 3.87. The molecule has 0 aromatic carbocycles. The quantitative estimate of drug-likeness (QED) is 0.502. The molecule has 1 unspecified atom stereocenters. The normalized spacial score (nSPS) is 12.2. The number of hydrogen-bond acceptors (Lipinski definition) is 4. The number of pyridine rings is 1. The molecule has 0 fully saturated rings. The number of nitrogen functional groups attached to an aromatic ring is 1. The molecule has 0 amide bonds. The van der Waals surface area contributed by atoms with Crippen molar-refractivity contribution < 1.29 is 5.11 Å². The Kier molecular flexibility index (Phi) is 4.25. The van der Waals surface area contributed by atoms with Gasteiger partial charge in [0.05, 0.1) is 6.10 Å². The summed E-state index contributed by atoms with van der Waals surface area (Å²) in [5.41, 5.74) is 6.79. The van der Waals surface area contributed by atoms with Gasteiger partial charge in [0.15, 0.2) is 0 Å². The van der Waals surface area contributed by atoms with E-state index in [1.165, 1.54) is 0 Å². The highest BCUT2D eigenvalue weighted by molar-refractivity contribution is 5.93. The number of aliphatic hydroxyl groups is 1. The standard InChI is InChI=1S/C11H18N4O/c1-8(16)4-6-15(2)9-3-5-14-10(7-9)11(12)13/h3,5,7-8,16H,4,6H2,1-2H3,(H3,12,13). The van der Waals surface area contributed by atoms with Gasteiger partial charge in [0.2, 0.25) is 0 Å². The van der Waals surface area contributed by atoms with E-state index >= 15 is 0 Å². The van der Waals surface area contributed by atoms with Gasteiger partial charge in [-0.2, -0.15) is 0 Å². The van der Waals surface area contributed by atoms with Gasteiger partial charge in [-0.3, -0.25) is 10.4 Å². The Bertz CT molecular complexity index is 365. The van der Waals surface area contributed by atoms with Gasteiger partial charge < -0.3 is 15.7 Å². The summed E-state index contributed by atoms with van der Waals surface area (Å²) in [6, 6.07) is 3.62. The molecule has 4 N–H and O–H groups in total. The monoisotopic (exact) mass is 222 g/mol. The van der Waals surface area contributed by atoms with Crippen LogP contribution in [0.5, 0.6) is 0 Å². The van der Waals surface area contributed by atoms with Crippen molar-refractivity contribution in [3.63, 3.8) is 0 Å². The van der Waals surface area contributed by atoms with Crippen LogP contribution < -0.4 is 10.6 Å². The van der Waals surface area contributed by atoms with Gasteiger partial charge in [-0.25, -0.2) is 0 Å². The van der Waals surface area contributed by atoms with Crippen molar-refractivity contribution in [1.82, 2.24) is 4.98 Å². The van der Waals surface area contributed by atoms with Crippen molar-refractivity contribution in [2.75, 3.05) is 18.5 Å². The third-order valence-corrected chi connectivity index (χ3v) is 2.34. The molecule has 0 aliphatic heterocycles. The van der Waals surface area contributed by atoms with Crippen LogP contribution in [0.2, 0.25) is 0 Å². The van der Waals surface area contributed by atoms with E-state index in [9.17, 15) is 5.11 Å².